The van der Waals surface area contributed by atoms with Crippen molar-refractivity contribution in [2.75, 3.05) is 53.0 Å². The van der Waals surface area contributed by atoms with Gasteiger partial charge in [-0.25, -0.2) is 0 Å². The number of rotatable bonds is 10. The van der Waals surface area contributed by atoms with Gasteiger partial charge in [-0.1, -0.05) is 13.8 Å². The number of likely N-dealkylation sites (tertiary alicyclic amines) is 1. The molecule has 0 spiro atoms. The summed E-state index contributed by atoms with van der Waals surface area (Å²) in [4.78, 5) is 6.91. The quantitative estimate of drug-likeness (QED) is 0.225. The molecule has 0 aromatic rings. The summed E-state index contributed by atoms with van der Waals surface area (Å²) in [6.07, 6.45) is 6.32. The lowest BCUT2D eigenvalue weighted by molar-refractivity contribution is 0.123. The number of halogens is 1. The molecule has 1 heterocycles. The smallest absolute Gasteiger partial charge is 0.190 e. The zero-order chi connectivity index (χ0) is 17.2. The van der Waals surface area contributed by atoms with Gasteiger partial charge in [-0.2, -0.15) is 0 Å². The summed E-state index contributed by atoms with van der Waals surface area (Å²) >= 11 is 0. The topological polar surface area (TPSA) is 48.9 Å². The van der Waals surface area contributed by atoms with Crippen LogP contribution in [0.25, 0.3) is 0 Å². The highest BCUT2D eigenvalue weighted by Gasteiger charge is 2.21. The highest BCUT2D eigenvalue weighted by atomic mass is 127. The summed E-state index contributed by atoms with van der Waals surface area (Å²) in [5, 5.41) is 6.79. The minimum Gasteiger partial charge on any atom is -0.381 e. The van der Waals surface area contributed by atoms with Crippen molar-refractivity contribution >= 4 is 29.9 Å². The molecule has 2 rings (SSSR count). The highest BCUT2D eigenvalue weighted by Crippen LogP contribution is 2.28. The fraction of sp³-hybridized carbons (Fsp3) is 0.947. The Morgan fingerprint density at radius 1 is 1.08 bits per heavy atom. The molecule has 0 aromatic heterocycles. The van der Waals surface area contributed by atoms with Crippen molar-refractivity contribution in [3.05, 3.63) is 0 Å². The number of ether oxygens (including phenoxy) is 1. The second-order valence-electron chi connectivity index (χ2n) is 7.86. The minimum absolute atomic E-state index is 0. The molecule has 1 saturated carbocycles. The van der Waals surface area contributed by atoms with Gasteiger partial charge in [0.05, 0.1) is 0 Å². The molecular weight excluding hydrogens is 427 g/mol. The van der Waals surface area contributed by atoms with Gasteiger partial charge < -0.3 is 20.3 Å². The third kappa shape index (κ3) is 10.6. The Hall–Kier alpha value is -0.0800. The molecule has 25 heavy (non-hydrogen) atoms. The van der Waals surface area contributed by atoms with Gasteiger partial charge in [-0.3, -0.25) is 4.99 Å². The largest absolute Gasteiger partial charge is 0.381 e. The molecule has 1 saturated heterocycles. The molecule has 0 bridgehead atoms. The molecule has 2 atom stereocenters. The lowest BCUT2D eigenvalue weighted by atomic mass is 9.92. The average molecular weight is 466 g/mol. The Kier molecular flexibility index (Phi) is 12.1. The van der Waals surface area contributed by atoms with E-state index in [0.717, 1.165) is 56.4 Å². The van der Waals surface area contributed by atoms with Gasteiger partial charge in [0.2, 0.25) is 0 Å². The van der Waals surface area contributed by atoms with Crippen LogP contribution in [0.2, 0.25) is 0 Å². The molecule has 1 aliphatic heterocycles. The molecule has 6 heteroatoms. The molecule has 2 unspecified atom stereocenters. The first-order chi connectivity index (χ1) is 11.7. The second kappa shape index (κ2) is 13.1. The Morgan fingerprint density at radius 2 is 1.72 bits per heavy atom. The van der Waals surface area contributed by atoms with Crippen LogP contribution in [0.5, 0.6) is 0 Å². The number of nitrogens with zero attached hydrogens (tertiary/aromatic N) is 2. The summed E-state index contributed by atoms with van der Waals surface area (Å²) in [5.74, 6) is 3.47. The number of nitrogens with one attached hydrogen (secondary N) is 2. The SMILES string of the molecule is CN=C(NCCCOCC1CC1)NCCCN1CC(C)CC(C)C1.I. The normalized spacial score (nSPS) is 24.7. The molecule has 0 aromatic carbocycles. The molecular formula is C19H39IN4O. The Labute approximate surface area is 171 Å². The van der Waals surface area contributed by atoms with Crippen LogP contribution in [-0.4, -0.2) is 63.8 Å². The van der Waals surface area contributed by atoms with Crippen molar-refractivity contribution in [3.8, 4) is 0 Å². The number of aliphatic imine (C=N–C) groups is 1. The van der Waals surface area contributed by atoms with Crippen LogP contribution < -0.4 is 10.6 Å². The van der Waals surface area contributed by atoms with Crippen molar-refractivity contribution in [1.29, 1.82) is 0 Å². The minimum atomic E-state index is 0. The summed E-state index contributed by atoms with van der Waals surface area (Å²) < 4.78 is 5.65. The predicted octanol–water partition coefficient (Wildman–Crippen LogP) is 2.95. The van der Waals surface area contributed by atoms with Gasteiger partial charge in [-0.05, 0) is 56.4 Å². The van der Waals surface area contributed by atoms with E-state index in [4.69, 9.17) is 4.74 Å². The maximum Gasteiger partial charge on any atom is 0.190 e. The van der Waals surface area contributed by atoms with Gasteiger partial charge in [0.25, 0.3) is 0 Å². The van der Waals surface area contributed by atoms with Gasteiger partial charge >= 0.3 is 0 Å². The van der Waals surface area contributed by atoms with E-state index in [1.54, 1.807) is 0 Å². The van der Waals surface area contributed by atoms with E-state index in [0.29, 0.717) is 0 Å². The predicted molar refractivity (Wildman–Crippen MR) is 117 cm³/mol. The molecule has 2 aliphatic rings. The van der Waals surface area contributed by atoms with E-state index >= 15 is 0 Å². The van der Waals surface area contributed by atoms with Crippen LogP contribution in [0, 0.1) is 17.8 Å². The molecule has 5 nitrogen and oxygen atoms in total. The maximum atomic E-state index is 5.65. The third-order valence-corrected chi connectivity index (χ3v) is 4.92. The lowest BCUT2D eigenvalue weighted by Gasteiger charge is -2.35. The van der Waals surface area contributed by atoms with Crippen molar-refractivity contribution in [2.24, 2.45) is 22.7 Å². The molecule has 148 valence electrons. The Bertz CT molecular complexity index is 366. The molecule has 1 aliphatic carbocycles. The first kappa shape index (κ1) is 23.0. The van der Waals surface area contributed by atoms with Crippen LogP contribution in [0.1, 0.15) is 46.0 Å². The average Bonchev–Trinajstić information content (AvgIpc) is 3.36. The summed E-state index contributed by atoms with van der Waals surface area (Å²) in [7, 11) is 1.84. The molecule has 2 fully saturated rings. The first-order valence-corrected chi connectivity index (χ1v) is 9.92. The van der Waals surface area contributed by atoms with Gasteiger partial charge in [-0.15, -0.1) is 24.0 Å². The number of guanidine groups is 1. The van der Waals surface area contributed by atoms with Crippen LogP contribution in [0.4, 0.5) is 0 Å². The van der Waals surface area contributed by atoms with E-state index in [1.165, 1.54) is 45.3 Å². The van der Waals surface area contributed by atoms with E-state index in [1.807, 2.05) is 7.05 Å². The zero-order valence-electron chi connectivity index (χ0n) is 16.4. The summed E-state index contributed by atoms with van der Waals surface area (Å²) in [5.41, 5.74) is 0. The van der Waals surface area contributed by atoms with E-state index < -0.39 is 0 Å². The van der Waals surface area contributed by atoms with Crippen molar-refractivity contribution in [1.82, 2.24) is 15.5 Å². The first-order valence-electron chi connectivity index (χ1n) is 9.92. The van der Waals surface area contributed by atoms with Gasteiger partial charge in [0, 0.05) is 46.4 Å². The van der Waals surface area contributed by atoms with Crippen molar-refractivity contribution in [3.63, 3.8) is 0 Å². The van der Waals surface area contributed by atoms with Gasteiger partial charge in [0.15, 0.2) is 5.96 Å². The number of piperidine rings is 1. The van der Waals surface area contributed by atoms with Crippen LogP contribution in [-0.2, 0) is 4.74 Å². The standard InChI is InChI=1S/C19H38N4O.HI/c1-16-12-17(2)14-23(13-16)10-4-8-21-19(20-3)22-9-5-11-24-15-18-6-7-18;/h16-18H,4-15H2,1-3H3,(H2,20,21,22);1H. The van der Waals surface area contributed by atoms with Crippen LogP contribution in [0.3, 0.4) is 0 Å². The fourth-order valence-corrected chi connectivity index (χ4v) is 3.62. The van der Waals surface area contributed by atoms with E-state index in [-0.39, 0.29) is 24.0 Å². The third-order valence-electron chi connectivity index (χ3n) is 4.92. The van der Waals surface area contributed by atoms with Gasteiger partial charge in [0.1, 0.15) is 0 Å². The van der Waals surface area contributed by atoms with Crippen molar-refractivity contribution in [2.45, 2.75) is 46.0 Å². The highest BCUT2D eigenvalue weighted by molar-refractivity contribution is 14.0. The van der Waals surface area contributed by atoms with Crippen molar-refractivity contribution < 1.29 is 4.74 Å². The fourth-order valence-electron chi connectivity index (χ4n) is 3.62. The van der Waals surface area contributed by atoms with E-state index in [9.17, 15) is 0 Å². The summed E-state index contributed by atoms with van der Waals surface area (Å²) in [6, 6.07) is 0. The second-order valence-corrected chi connectivity index (χ2v) is 7.86. The van der Waals surface area contributed by atoms with E-state index in [2.05, 4.69) is 34.4 Å². The Morgan fingerprint density at radius 3 is 2.32 bits per heavy atom. The Balaban J connectivity index is 0.00000312. The molecule has 2 N–H and O–H groups in total. The maximum absolute atomic E-state index is 5.65. The lowest BCUT2D eigenvalue weighted by Crippen LogP contribution is -2.42. The summed E-state index contributed by atoms with van der Waals surface area (Å²) in [6.45, 7) is 12.2. The van der Waals surface area contributed by atoms with Crippen LogP contribution in [0.15, 0.2) is 4.99 Å². The number of hydrogen-bond donors (Lipinski definition) is 2. The monoisotopic (exact) mass is 466 g/mol. The zero-order valence-corrected chi connectivity index (χ0v) is 18.8. The van der Waals surface area contributed by atoms with Crippen LogP contribution >= 0.6 is 24.0 Å². The number of hydrogen-bond acceptors (Lipinski definition) is 3. The molecule has 0 radical (unpaired) electrons. The molecule has 0 amide bonds.